The fraction of sp³-hybridized carbons (Fsp3) is 0.255. The number of aryl methyl sites for hydroxylation is 7. The van der Waals surface area contributed by atoms with Crippen LogP contribution in [0.2, 0.25) is 0 Å². The molecule has 22 nitrogen and oxygen atoms in total. The SMILES string of the molecule is CCc1[c-]c(C)cc(CC)c1Nc1nc(N(c2nc3ccc(S(=O)(=O)[O-])cc3s2)c2c(CC)cc(C)c(S(=O)(=O)[O-])c2CC)cc(C)c1N=Nc1c(C#N)c(C)nn1-c1nc2ccc(S(=O)(=O)[O-])cc2s1.O=S(=O)=O.[Li+].[Li+].[Li+].[Li+]. The summed E-state index contributed by atoms with van der Waals surface area (Å²) in [5.41, 5.74) is 6.40. The molecule has 0 unspecified atom stereocenters. The summed E-state index contributed by atoms with van der Waals surface area (Å²) in [7, 11) is -17.8. The quantitative estimate of drug-likeness (QED) is 0.0462. The van der Waals surface area contributed by atoms with Crippen LogP contribution in [0.1, 0.15) is 77.9 Å². The minimum absolute atomic E-state index is 0. The van der Waals surface area contributed by atoms with Gasteiger partial charge in [0.2, 0.25) is 5.13 Å². The fourth-order valence-electron chi connectivity index (χ4n) is 8.38. The van der Waals surface area contributed by atoms with Gasteiger partial charge in [0.05, 0.1) is 46.5 Å². The number of aromatic nitrogens is 5. The van der Waals surface area contributed by atoms with Gasteiger partial charge in [0.1, 0.15) is 59.3 Å². The van der Waals surface area contributed by atoms with Crippen molar-refractivity contribution in [3.63, 3.8) is 0 Å². The van der Waals surface area contributed by atoms with Gasteiger partial charge in [0.25, 0.3) is 0 Å². The summed E-state index contributed by atoms with van der Waals surface area (Å²) in [5.74, 6) is 0.287. The molecule has 0 atom stereocenters. The van der Waals surface area contributed by atoms with E-state index in [4.69, 9.17) is 27.7 Å². The number of rotatable bonds is 15. The Kier molecular flexibility index (Phi) is 23.9. The Morgan fingerprint density at radius 2 is 1.29 bits per heavy atom. The molecule has 0 aliphatic carbocycles. The maximum absolute atomic E-state index is 13.1. The van der Waals surface area contributed by atoms with Crippen LogP contribution in [0.5, 0.6) is 0 Å². The van der Waals surface area contributed by atoms with Crippen LogP contribution in [-0.2, 0) is 66.6 Å². The molecule has 0 saturated heterocycles. The number of benzene rings is 4. The number of hydrogen-bond donors (Lipinski definition) is 1. The van der Waals surface area contributed by atoms with Crippen molar-refractivity contribution in [3.8, 4) is 11.2 Å². The second kappa shape index (κ2) is 27.5. The largest absolute Gasteiger partial charge is 1.00 e. The first-order valence-electron chi connectivity index (χ1n) is 22.4. The van der Waals surface area contributed by atoms with Crippen LogP contribution in [0.25, 0.3) is 25.6 Å². The molecule has 0 radical (unpaired) electrons. The first kappa shape index (κ1) is 68.7. The van der Waals surface area contributed by atoms with E-state index in [2.05, 4.69) is 32.6 Å². The van der Waals surface area contributed by atoms with Gasteiger partial charge in [-0.2, -0.15) is 32.7 Å². The average Bonchev–Trinajstić information content (AvgIpc) is 4.04. The molecule has 0 aliphatic heterocycles. The maximum Gasteiger partial charge on any atom is 1.00 e. The molecule has 0 saturated carbocycles. The van der Waals surface area contributed by atoms with Gasteiger partial charge in [-0.3, -0.25) is 4.90 Å². The van der Waals surface area contributed by atoms with Crippen molar-refractivity contribution in [1.82, 2.24) is 24.7 Å². The van der Waals surface area contributed by atoms with Crippen LogP contribution in [0, 0.1) is 45.1 Å². The van der Waals surface area contributed by atoms with Crippen molar-refractivity contribution >= 4 is 124 Å². The first-order chi connectivity index (χ1) is 35.2. The predicted octanol–water partition coefficient (Wildman–Crippen LogP) is -3.01. The maximum atomic E-state index is 13.1. The molecular weight excluding hydrogens is 1120 g/mol. The Morgan fingerprint density at radius 1 is 0.722 bits per heavy atom. The standard InChI is InChI=1S/C47H45N10O9S5.4Li.O3S/c1-9-28-17-24(5)18-29(10-2)41(28)52-44-40(53-54-45-34(23-48)27(8)55-57(45)47-50-36-16-14-32(70(61,62)63)22-38(36)68-47)25(6)20-39(51-44)56(46-49-35-15-13-31(69(58,59)60)21-37(35)67-46)42-30(11-3)19-26(7)43(33(42)12-4)71(64,65)66;;;;;1-4(2)3/h13-17,19-22H,9-12H2,1-8H3,(H,51,52)(H,58,59,60)(H,61,62,63)(H,64,65,66);;;;;/q-1;4*+1;/p-3. The van der Waals surface area contributed by atoms with Crippen LogP contribution in [0.3, 0.4) is 0 Å². The number of azo groups is 1. The average molecular weight is 1160 g/mol. The third-order valence-corrected chi connectivity index (χ3v) is 16.3. The topological polar surface area (TPSA) is 343 Å². The summed E-state index contributed by atoms with van der Waals surface area (Å²) in [6, 6.07) is 18.4. The molecule has 4 aromatic heterocycles. The molecule has 32 heteroatoms. The van der Waals surface area contributed by atoms with E-state index in [9.17, 15) is 44.2 Å². The van der Waals surface area contributed by atoms with E-state index in [-0.39, 0.29) is 138 Å². The normalized spacial score (nSPS) is 11.4. The number of thiazole rings is 2. The third kappa shape index (κ3) is 14.9. The number of pyridine rings is 1. The summed E-state index contributed by atoms with van der Waals surface area (Å²) >= 11 is 2.03. The van der Waals surface area contributed by atoms with Crippen molar-refractivity contribution in [2.24, 2.45) is 10.2 Å². The van der Waals surface area contributed by atoms with Gasteiger partial charge in [0.15, 0.2) is 10.9 Å². The second-order valence-electron chi connectivity index (χ2n) is 16.5. The molecule has 8 rings (SSSR count). The van der Waals surface area contributed by atoms with Gasteiger partial charge < -0.3 is 19.0 Å². The molecule has 8 aromatic rings. The first-order valence-corrected chi connectivity index (χ1v) is 29.2. The Balaban J connectivity index is 0.00000198. The second-order valence-corrected chi connectivity index (χ2v) is 23.0. The molecule has 0 amide bonds. The Morgan fingerprint density at radius 3 is 1.81 bits per heavy atom. The molecule has 392 valence electrons. The molecule has 0 fully saturated rings. The zero-order chi connectivity index (χ0) is 55.1. The van der Waals surface area contributed by atoms with Gasteiger partial charge in [0, 0.05) is 0 Å². The summed E-state index contributed by atoms with van der Waals surface area (Å²) in [6.45, 7) is 14.4. The third-order valence-electron chi connectivity index (χ3n) is 11.6. The van der Waals surface area contributed by atoms with Crippen molar-refractivity contribution in [2.75, 3.05) is 10.2 Å². The minimum Gasteiger partial charge on any atom is -0.744 e. The van der Waals surface area contributed by atoms with Crippen LogP contribution < -0.4 is 85.7 Å². The van der Waals surface area contributed by atoms with E-state index < -0.39 is 55.6 Å². The van der Waals surface area contributed by atoms with Crippen LogP contribution in [0.4, 0.5) is 39.6 Å². The number of fused-ring (bicyclic) bond motifs is 2. The van der Waals surface area contributed by atoms with E-state index in [0.717, 1.165) is 51.5 Å². The van der Waals surface area contributed by atoms with E-state index in [1.807, 2.05) is 33.8 Å². The molecular formula is C47H42Li4N10O12S6. The summed E-state index contributed by atoms with van der Waals surface area (Å²) < 4.78 is 139. The number of hydrogen-bond acceptors (Lipinski definition) is 23. The van der Waals surface area contributed by atoms with Crippen LogP contribution in [-0.4, -0.2) is 76.3 Å². The Hall–Kier alpha value is -4.55. The number of anilines is 5. The van der Waals surface area contributed by atoms with Crippen LogP contribution >= 0.6 is 22.7 Å². The fourth-order valence-corrected chi connectivity index (χ4v) is 12.5. The van der Waals surface area contributed by atoms with Crippen molar-refractivity contribution in [3.05, 3.63) is 111 Å². The zero-order valence-corrected chi connectivity index (χ0v) is 49.8. The summed E-state index contributed by atoms with van der Waals surface area (Å²) in [4.78, 5) is 15.0. The predicted molar refractivity (Wildman–Crippen MR) is 276 cm³/mol. The van der Waals surface area contributed by atoms with Gasteiger partial charge in [-0.15, -0.1) is 34.0 Å². The van der Waals surface area contributed by atoms with Crippen LogP contribution in [0.15, 0.2) is 79.5 Å². The molecule has 1 N–H and O–H groups in total. The molecule has 4 heterocycles. The molecule has 0 aliphatic rings. The van der Waals surface area contributed by atoms with E-state index >= 15 is 0 Å². The minimum atomic E-state index is -5.06. The smallest absolute Gasteiger partial charge is 0.744 e. The summed E-state index contributed by atoms with van der Waals surface area (Å²) in [6.07, 6.45) is 1.61. The Bertz CT molecular complexity index is 4160. The van der Waals surface area contributed by atoms with Gasteiger partial charge >= 0.3 is 86.1 Å². The van der Waals surface area contributed by atoms with Crippen molar-refractivity contribution in [2.45, 2.75) is 95.8 Å². The Labute approximate surface area is 514 Å². The van der Waals surface area contributed by atoms with Gasteiger partial charge in [-0.25, -0.2) is 40.2 Å². The molecule has 0 spiro atoms. The molecule has 0 bridgehead atoms. The van der Waals surface area contributed by atoms with Gasteiger partial charge in [-0.1, -0.05) is 81.9 Å². The van der Waals surface area contributed by atoms with Crippen molar-refractivity contribution < 1.29 is 127 Å². The van der Waals surface area contributed by atoms with E-state index in [0.29, 0.717) is 62.2 Å². The molecule has 79 heavy (non-hydrogen) atoms. The number of nitrogens with zero attached hydrogens (tertiary/aromatic N) is 9. The number of nitrogens with one attached hydrogen (secondary N) is 1. The zero-order valence-electron chi connectivity index (χ0n) is 44.9. The molecule has 4 aromatic carbocycles. The summed E-state index contributed by atoms with van der Waals surface area (Å²) in [5, 5.41) is 28.2. The van der Waals surface area contributed by atoms with Crippen molar-refractivity contribution in [1.29, 1.82) is 5.26 Å². The number of nitriles is 1. The van der Waals surface area contributed by atoms with Gasteiger partial charge in [-0.05, 0) is 98.3 Å². The van der Waals surface area contributed by atoms with E-state index in [1.54, 1.807) is 44.7 Å². The van der Waals surface area contributed by atoms with E-state index in [1.165, 1.54) is 28.9 Å². The monoisotopic (exact) mass is 1160 g/mol.